The number of aliphatic hydroxyl groups excluding tert-OH is 1. The van der Waals surface area contributed by atoms with E-state index in [1.165, 1.54) is 25.7 Å². The molecular formula is C11H24O. The first kappa shape index (κ1) is 12.0. The van der Waals surface area contributed by atoms with Crippen molar-refractivity contribution in [2.75, 3.05) is 6.61 Å². The Morgan fingerprint density at radius 2 is 1.83 bits per heavy atom. The van der Waals surface area contributed by atoms with E-state index in [1.807, 2.05) is 0 Å². The molecule has 12 heavy (non-hydrogen) atoms. The molecule has 0 aliphatic heterocycles. The van der Waals surface area contributed by atoms with Crippen molar-refractivity contribution in [2.45, 2.75) is 53.4 Å². The SMILES string of the molecule is CCCCC[C@@H](C)C(C)(C)CO. The van der Waals surface area contributed by atoms with Crippen LogP contribution in [0.4, 0.5) is 0 Å². The summed E-state index contributed by atoms with van der Waals surface area (Å²) >= 11 is 0. The largest absolute Gasteiger partial charge is 0.396 e. The fourth-order valence-corrected chi connectivity index (χ4v) is 1.25. The number of hydrogen-bond donors (Lipinski definition) is 1. The van der Waals surface area contributed by atoms with Gasteiger partial charge in [0.2, 0.25) is 0 Å². The minimum atomic E-state index is 0.105. The number of unbranched alkanes of at least 4 members (excludes halogenated alkanes) is 2. The van der Waals surface area contributed by atoms with Gasteiger partial charge in [-0.05, 0) is 11.3 Å². The first-order chi connectivity index (χ1) is 5.54. The number of aliphatic hydroxyl groups is 1. The van der Waals surface area contributed by atoms with E-state index in [4.69, 9.17) is 5.11 Å². The van der Waals surface area contributed by atoms with Crippen molar-refractivity contribution in [3.63, 3.8) is 0 Å². The van der Waals surface area contributed by atoms with Gasteiger partial charge in [-0.2, -0.15) is 0 Å². The summed E-state index contributed by atoms with van der Waals surface area (Å²) in [5.41, 5.74) is 0.105. The van der Waals surface area contributed by atoms with E-state index < -0.39 is 0 Å². The van der Waals surface area contributed by atoms with Gasteiger partial charge in [0.25, 0.3) is 0 Å². The fourth-order valence-electron chi connectivity index (χ4n) is 1.25. The van der Waals surface area contributed by atoms with Crippen molar-refractivity contribution in [2.24, 2.45) is 11.3 Å². The molecule has 0 unspecified atom stereocenters. The Labute approximate surface area is 77.2 Å². The molecule has 0 spiro atoms. The molecule has 0 aliphatic rings. The Hall–Kier alpha value is -0.0400. The van der Waals surface area contributed by atoms with Gasteiger partial charge < -0.3 is 5.11 Å². The lowest BCUT2D eigenvalue weighted by Gasteiger charge is -2.29. The molecule has 1 heteroatoms. The van der Waals surface area contributed by atoms with E-state index in [0.717, 1.165) is 0 Å². The Balaban J connectivity index is 3.63. The van der Waals surface area contributed by atoms with Crippen LogP contribution in [0, 0.1) is 11.3 Å². The van der Waals surface area contributed by atoms with Crippen LogP contribution in [0.1, 0.15) is 53.4 Å². The van der Waals surface area contributed by atoms with Crippen LogP contribution in [0.3, 0.4) is 0 Å². The van der Waals surface area contributed by atoms with Crippen LogP contribution < -0.4 is 0 Å². The highest BCUT2D eigenvalue weighted by molar-refractivity contribution is 4.73. The maximum Gasteiger partial charge on any atom is 0.0484 e. The molecule has 0 rings (SSSR count). The predicted molar refractivity (Wildman–Crippen MR) is 54.2 cm³/mol. The molecule has 0 aromatic rings. The van der Waals surface area contributed by atoms with Crippen molar-refractivity contribution >= 4 is 0 Å². The fraction of sp³-hybridized carbons (Fsp3) is 1.00. The summed E-state index contributed by atoms with van der Waals surface area (Å²) in [6.45, 7) is 9.06. The van der Waals surface area contributed by atoms with E-state index >= 15 is 0 Å². The van der Waals surface area contributed by atoms with Gasteiger partial charge in [-0.3, -0.25) is 0 Å². The van der Waals surface area contributed by atoms with Crippen molar-refractivity contribution < 1.29 is 5.11 Å². The van der Waals surface area contributed by atoms with Crippen molar-refractivity contribution in [1.82, 2.24) is 0 Å². The second-order valence-corrected chi connectivity index (χ2v) is 4.54. The lowest BCUT2D eigenvalue weighted by molar-refractivity contribution is 0.0986. The summed E-state index contributed by atoms with van der Waals surface area (Å²) in [5.74, 6) is 0.633. The predicted octanol–water partition coefficient (Wildman–Crippen LogP) is 3.22. The molecule has 0 heterocycles. The minimum absolute atomic E-state index is 0.105. The normalized spacial score (nSPS) is 14.8. The van der Waals surface area contributed by atoms with Crippen LogP contribution in [0.2, 0.25) is 0 Å². The Bertz CT molecular complexity index is 108. The van der Waals surface area contributed by atoms with Gasteiger partial charge in [-0.15, -0.1) is 0 Å². The Morgan fingerprint density at radius 3 is 2.25 bits per heavy atom. The molecule has 0 saturated heterocycles. The molecule has 74 valence electrons. The minimum Gasteiger partial charge on any atom is -0.396 e. The van der Waals surface area contributed by atoms with Crippen molar-refractivity contribution in [3.8, 4) is 0 Å². The molecule has 0 aliphatic carbocycles. The highest BCUT2D eigenvalue weighted by atomic mass is 16.3. The van der Waals surface area contributed by atoms with Crippen LogP contribution in [0.25, 0.3) is 0 Å². The third-order valence-electron chi connectivity index (χ3n) is 2.98. The summed E-state index contributed by atoms with van der Waals surface area (Å²) in [7, 11) is 0. The third-order valence-corrected chi connectivity index (χ3v) is 2.98. The topological polar surface area (TPSA) is 20.2 Å². The first-order valence-corrected chi connectivity index (χ1v) is 5.15. The maximum absolute atomic E-state index is 9.12. The third kappa shape index (κ3) is 4.10. The lowest BCUT2D eigenvalue weighted by atomic mass is 9.78. The zero-order chi connectivity index (χ0) is 9.61. The molecule has 1 N–H and O–H groups in total. The van der Waals surface area contributed by atoms with Crippen molar-refractivity contribution in [3.05, 3.63) is 0 Å². The summed E-state index contributed by atoms with van der Waals surface area (Å²) in [5, 5.41) is 9.12. The smallest absolute Gasteiger partial charge is 0.0484 e. The van der Waals surface area contributed by atoms with E-state index in [0.29, 0.717) is 12.5 Å². The zero-order valence-electron chi connectivity index (χ0n) is 9.06. The van der Waals surface area contributed by atoms with E-state index in [-0.39, 0.29) is 5.41 Å². The summed E-state index contributed by atoms with van der Waals surface area (Å²) < 4.78 is 0. The molecule has 0 aromatic carbocycles. The summed E-state index contributed by atoms with van der Waals surface area (Å²) in [6, 6.07) is 0. The molecular weight excluding hydrogens is 148 g/mol. The van der Waals surface area contributed by atoms with E-state index in [1.54, 1.807) is 0 Å². The van der Waals surface area contributed by atoms with Crippen LogP contribution >= 0.6 is 0 Å². The van der Waals surface area contributed by atoms with E-state index in [9.17, 15) is 0 Å². The first-order valence-electron chi connectivity index (χ1n) is 5.15. The zero-order valence-corrected chi connectivity index (χ0v) is 9.06. The van der Waals surface area contributed by atoms with Gasteiger partial charge >= 0.3 is 0 Å². The second-order valence-electron chi connectivity index (χ2n) is 4.54. The molecule has 0 amide bonds. The second kappa shape index (κ2) is 5.58. The number of rotatable bonds is 6. The average Bonchev–Trinajstić information content (AvgIpc) is 2.05. The molecule has 0 saturated carbocycles. The maximum atomic E-state index is 9.12. The van der Waals surface area contributed by atoms with Crippen LogP contribution in [0.15, 0.2) is 0 Å². The molecule has 0 bridgehead atoms. The van der Waals surface area contributed by atoms with E-state index in [2.05, 4.69) is 27.7 Å². The standard InChI is InChI=1S/C11H24O/c1-5-6-7-8-10(2)11(3,4)9-12/h10,12H,5-9H2,1-4H3/t10-/m1/s1. The average molecular weight is 172 g/mol. The molecule has 1 atom stereocenters. The number of hydrogen-bond acceptors (Lipinski definition) is 1. The Morgan fingerprint density at radius 1 is 1.25 bits per heavy atom. The molecule has 0 fully saturated rings. The molecule has 0 radical (unpaired) electrons. The van der Waals surface area contributed by atoms with Crippen LogP contribution in [-0.2, 0) is 0 Å². The summed E-state index contributed by atoms with van der Waals surface area (Å²) in [4.78, 5) is 0. The van der Waals surface area contributed by atoms with Crippen molar-refractivity contribution in [1.29, 1.82) is 0 Å². The lowest BCUT2D eigenvalue weighted by Crippen LogP contribution is -2.25. The molecule has 1 nitrogen and oxygen atoms in total. The monoisotopic (exact) mass is 172 g/mol. The van der Waals surface area contributed by atoms with Gasteiger partial charge in [0.15, 0.2) is 0 Å². The van der Waals surface area contributed by atoms with Gasteiger partial charge in [-0.1, -0.05) is 53.4 Å². The van der Waals surface area contributed by atoms with Crippen LogP contribution in [-0.4, -0.2) is 11.7 Å². The molecule has 0 aromatic heterocycles. The summed E-state index contributed by atoms with van der Waals surface area (Å²) in [6.07, 6.45) is 5.17. The Kier molecular flexibility index (Phi) is 5.56. The van der Waals surface area contributed by atoms with Gasteiger partial charge in [0, 0.05) is 6.61 Å². The van der Waals surface area contributed by atoms with Crippen LogP contribution in [0.5, 0.6) is 0 Å². The van der Waals surface area contributed by atoms with Gasteiger partial charge in [0.1, 0.15) is 0 Å². The van der Waals surface area contributed by atoms with Gasteiger partial charge in [0.05, 0.1) is 0 Å². The quantitative estimate of drug-likeness (QED) is 0.610. The highest BCUT2D eigenvalue weighted by Crippen LogP contribution is 2.29. The highest BCUT2D eigenvalue weighted by Gasteiger charge is 2.23. The van der Waals surface area contributed by atoms with Gasteiger partial charge in [-0.25, -0.2) is 0 Å².